The van der Waals surface area contributed by atoms with Crippen LogP contribution in [0.5, 0.6) is 5.75 Å². The molecule has 0 saturated carbocycles. The van der Waals surface area contributed by atoms with E-state index in [-0.39, 0.29) is 12.1 Å². The Hall–Kier alpha value is -2.90. The quantitative estimate of drug-likeness (QED) is 0.425. The average molecular weight is 320 g/mol. The molecule has 8 nitrogen and oxygen atoms in total. The number of imide groups is 1. The minimum absolute atomic E-state index is 0.0771. The fourth-order valence-electron chi connectivity index (χ4n) is 2.10. The standard InChI is InChI=1S/C15H16N2O6/c1-16-7-13(19)17(15(16)21)8-14(20)23-9-11(18)10-5-3-4-6-12(10)22-2/h3-6H,7-9H2,1-2H3. The van der Waals surface area contributed by atoms with Crippen molar-refractivity contribution in [1.82, 2.24) is 9.80 Å². The Morgan fingerprint density at radius 1 is 1.22 bits per heavy atom. The molecule has 1 saturated heterocycles. The Bertz CT molecular complexity index is 657. The number of benzene rings is 1. The molecule has 1 heterocycles. The summed E-state index contributed by atoms with van der Waals surface area (Å²) in [6.45, 7) is -1.08. The number of amides is 3. The smallest absolute Gasteiger partial charge is 0.327 e. The maximum absolute atomic E-state index is 12.0. The summed E-state index contributed by atoms with van der Waals surface area (Å²) in [5.74, 6) is -1.37. The summed E-state index contributed by atoms with van der Waals surface area (Å²) in [5.41, 5.74) is 0.288. The van der Waals surface area contributed by atoms with E-state index in [0.29, 0.717) is 5.75 Å². The molecule has 3 amide bonds. The van der Waals surface area contributed by atoms with E-state index in [1.54, 1.807) is 24.3 Å². The van der Waals surface area contributed by atoms with Gasteiger partial charge in [-0.05, 0) is 12.1 Å². The van der Waals surface area contributed by atoms with Crippen molar-refractivity contribution in [2.75, 3.05) is 33.9 Å². The lowest BCUT2D eigenvalue weighted by atomic mass is 10.1. The zero-order valence-corrected chi connectivity index (χ0v) is 12.8. The first-order chi connectivity index (χ1) is 10.9. The van der Waals surface area contributed by atoms with E-state index in [1.807, 2.05) is 0 Å². The number of hydrogen-bond acceptors (Lipinski definition) is 6. The highest BCUT2D eigenvalue weighted by Gasteiger charge is 2.35. The molecule has 23 heavy (non-hydrogen) atoms. The van der Waals surface area contributed by atoms with Crippen LogP contribution in [0.25, 0.3) is 0 Å². The van der Waals surface area contributed by atoms with E-state index in [9.17, 15) is 19.2 Å². The summed E-state index contributed by atoms with van der Waals surface area (Å²) >= 11 is 0. The summed E-state index contributed by atoms with van der Waals surface area (Å²) in [6, 6.07) is 5.98. The van der Waals surface area contributed by atoms with Gasteiger partial charge in [0.15, 0.2) is 6.61 Å². The second-order valence-electron chi connectivity index (χ2n) is 4.90. The van der Waals surface area contributed by atoms with Crippen LogP contribution in [0.2, 0.25) is 0 Å². The van der Waals surface area contributed by atoms with E-state index >= 15 is 0 Å². The number of carbonyl (C=O) groups excluding carboxylic acids is 4. The highest BCUT2D eigenvalue weighted by atomic mass is 16.5. The number of likely N-dealkylation sites (N-methyl/N-ethyl adjacent to an activating group) is 1. The zero-order chi connectivity index (χ0) is 17.0. The number of nitrogens with zero attached hydrogens (tertiary/aromatic N) is 2. The Kier molecular flexibility index (Phi) is 4.95. The molecule has 0 aliphatic carbocycles. The molecule has 1 aliphatic rings. The number of ether oxygens (including phenoxy) is 2. The Balaban J connectivity index is 1.91. The number of esters is 1. The van der Waals surface area contributed by atoms with E-state index in [0.717, 1.165) is 4.90 Å². The Labute approximate surface area is 132 Å². The minimum Gasteiger partial charge on any atom is -0.496 e. The molecule has 1 fully saturated rings. The van der Waals surface area contributed by atoms with Crippen LogP contribution in [0.1, 0.15) is 10.4 Å². The molecule has 0 N–H and O–H groups in total. The van der Waals surface area contributed by atoms with Crippen LogP contribution in [0.4, 0.5) is 4.79 Å². The van der Waals surface area contributed by atoms with E-state index < -0.39 is 36.8 Å². The monoisotopic (exact) mass is 320 g/mol. The normalized spacial score (nSPS) is 14.2. The van der Waals surface area contributed by atoms with Crippen molar-refractivity contribution < 1.29 is 28.7 Å². The fourth-order valence-corrected chi connectivity index (χ4v) is 2.10. The van der Waals surface area contributed by atoms with Gasteiger partial charge in [-0.3, -0.25) is 19.3 Å². The van der Waals surface area contributed by atoms with Gasteiger partial charge in [0, 0.05) is 7.05 Å². The minimum atomic E-state index is -0.828. The van der Waals surface area contributed by atoms with Crippen LogP contribution in [0.15, 0.2) is 24.3 Å². The van der Waals surface area contributed by atoms with Gasteiger partial charge in [-0.15, -0.1) is 0 Å². The molecule has 0 unspecified atom stereocenters. The number of para-hydroxylation sites is 1. The predicted molar refractivity (Wildman–Crippen MR) is 78.0 cm³/mol. The first kappa shape index (κ1) is 16.5. The molecular weight excluding hydrogens is 304 g/mol. The van der Waals surface area contributed by atoms with Gasteiger partial charge < -0.3 is 14.4 Å². The molecule has 0 aromatic heterocycles. The lowest BCUT2D eigenvalue weighted by Gasteiger charge is -2.13. The Morgan fingerprint density at radius 3 is 2.52 bits per heavy atom. The number of ketones is 1. The van der Waals surface area contributed by atoms with Crippen LogP contribution in [-0.2, 0) is 14.3 Å². The summed E-state index contributed by atoms with van der Waals surface area (Å²) in [6.07, 6.45) is 0. The van der Waals surface area contributed by atoms with Gasteiger partial charge in [0.1, 0.15) is 18.8 Å². The SMILES string of the molecule is COc1ccccc1C(=O)COC(=O)CN1C(=O)CN(C)C1=O. The van der Waals surface area contributed by atoms with E-state index in [4.69, 9.17) is 9.47 Å². The number of urea groups is 1. The van der Waals surface area contributed by atoms with Crippen LogP contribution >= 0.6 is 0 Å². The summed E-state index contributed by atoms with van der Waals surface area (Å²) in [5, 5.41) is 0. The van der Waals surface area contributed by atoms with Crippen molar-refractivity contribution in [3.8, 4) is 5.75 Å². The third-order valence-corrected chi connectivity index (χ3v) is 3.29. The molecule has 0 spiro atoms. The number of rotatable bonds is 6. The predicted octanol–water partition coefficient (Wildman–Crippen LogP) is 0.315. The summed E-state index contributed by atoms with van der Waals surface area (Å²) in [4.78, 5) is 48.9. The second-order valence-corrected chi connectivity index (χ2v) is 4.90. The first-order valence-electron chi connectivity index (χ1n) is 6.81. The van der Waals surface area contributed by atoms with E-state index in [1.165, 1.54) is 19.1 Å². The van der Waals surface area contributed by atoms with Crippen molar-refractivity contribution in [2.24, 2.45) is 0 Å². The largest absolute Gasteiger partial charge is 0.496 e. The molecule has 122 valence electrons. The lowest BCUT2D eigenvalue weighted by molar-refractivity contribution is -0.145. The number of methoxy groups -OCH3 is 1. The first-order valence-corrected chi connectivity index (χ1v) is 6.81. The Morgan fingerprint density at radius 2 is 1.91 bits per heavy atom. The number of carbonyl (C=O) groups is 4. The lowest BCUT2D eigenvalue weighted by Crippen LogP contribution is -2.37. The van der Waals surface area contributed by atoms with Crippen LogP contribution < -0.4 is 4.74 Å². The molecule has 0 bridgehead atoms. The van der Waals surface area contributed by atoms with Crippen LogP contribution in [0.3, 0.4) is 0 Å². The molecule has 1 aliphatic heterocycles. The van der Waals surface area contributed by atoms with Crippen molar-refractivity contribution in [1.29, 1.82) is 0 Å². The molecule has 0 atom stereocenters. The second kappa shape index (κ2) is 6.91. The average Bonchev–Trinajstić information content (AvgIpc) is 2.78. The maximum atomic E-state index is 12.0. The van der Waals surface area contributed by atoms with Gasteiger partial charge in [-0.2, -0.15) is 0 Å². The van der Waals surface area contributed by atoms with Gasteiger partial charge in [0.2, 0.25) is 5.78 Å². The highest BCUT2D eigenvalue weighted by Crippen LogP contribution is 2.17. The molecule has 2 rings (SSSR count). The van der Waals surface area contributed by atoms with Crippen molar-refractivity contribution in [3.63, 3.8) is 0 Å². The molecule has 1 aromatic carbocycles. The third kappa shape index (κ3) is 3.65. The summed E-state index contributed by atoms with van der Waals surface area (Å²) < 4.78 is 9.90. The van der Waals surface area contributed by atoms with Gasteiger partial charge in [0.05, 0.1) is 12.7 Å². The van der Waals surface area contributed by atoms with Gasteiger partial charge in [-0.1, -0.05) is 12.1 Å². The van der Waals surface area contributed by atoms with E-state index in [2.05, 4.69) is 0 Å². The van der Waals surface area contributed by atoms with Crippen molar-refractivity contribution >= 4 is 23.7 Å². The molecular formula is C15H16N2O6. The molecule has 0 radical (unpaired) electrons. The van der Waals surface area contributed by atoms with Crippen molar-refractivity contribution in [2.45, 2.75) is 0 Å². The summed E-state index contributed by atoms with van der Waals surface area (Å²) in [7, 11) is 2.88. The number of Topliss-reactive ketones (excluding diaryl/α,β-unsaturated/α-hetero) is 1. The third-order valence-electron chi connectivity index (χ3n) is 3.29. The van der Waals surface area contributed by atoms with Gasteiger partial charge in [-0.25, -0.2) is 4.79 Å². The van der Waals surface area contributed by atoms with Crippen LogP contribution in [0, 0.1) is 0 Å². The number of hydrogen-bond donors (Lipinski definition) is 0. The zero-order valence-electron chi connectivity index (χ0n) is 12.8. The fraction of sp³-hybridized carbons (Fsp3) is 0.333. The topological polar surface area (TPSA) is 93.2 Å². The molecule has 1 aromatic rings. The van der Waals surface area contributed by atoms with Gasteiger partial charge in [0.25, 0.3) is 5.91 Å². The highest BCUT2D eigenvalue weighted by molar-refractivity contribution is 6.04. The molecule has 8 heteroatoms. The van der Waals surface area contributed by atoms with Gasteiger partial charge >= 0.3 is 12.0 Å². The van der Waals surface area contributed by atoms with Crippen molar-refractivity contribution in [3.05, 3.63) is 29.8 Å². The van der Waals surface area contributed by atoms with Crippen LogP contribution in [-0.4, -0.2) is 67.3 Å². The maximum Gasteiger partial charge on any atom is 0.327 e.